The van der Waals surface area contributed by atoms with E-state index in [4.69, 9.17) is 0 Å². The summed E-state index contributed by atoms with van der Waals surface area (Å²) in [6.45, 7) is 0. The number of aromatic nitrogens is 3. The van der Waals surface area contributed by atoms with Gasteiger partial charge in [-0.2, -0.15) is 0 Å². The topological polar surface area (TPSA) is 58.6 Å². The van der Waals surface area contributed by atoms with E-state index in [9.17, 15) is 4.21 Å². The number of nitrogens with zero attached hydrogens (tertiary/aromatic N) is 2. The number of aromatic amines is 1. The second-order valence-corrected chi connectivity index (χ2v) is 3.74. The van der Waals surface area contributed by atoms with Gasteiger partial charge in [0.05, 0.1) is 21.1 Å². The van der Waals surface area contributed by atoms with Gasteiger partial charge in [0.2, 0.25) is 0 Å². The summed E-state index contributed by atoms with van der Waals surface area (Å²) in [7, 11) is -0.984. The van der Waals surface area contributed by atoms with E-state index in [0.717, 1.165) is 15.9 Å². The molecule has 62 valence electrons. The molecule has 0 fully saturated rings. The number of hydrogen-bond donors (Lipinski definition) is 1. The van der Waals surface area contributed by atoms with Gasteiger partial charge in [0.1, 0.15) is 12.0 Å². The largest absolute Gasteiger partial charge is 0.345 e. The molecule has 4 nitrogen and oxygen atoms in total. The summed E-state index contributed by atoms with van der Waals surface area (Å²) >= 11 is 0. The highest BCUT2D eigenvalue weighted by molar-refractivity contribution is 7.84. The third kappa shape index (κ3) is 1.02. The van der Waals surface area contributed by atoms with Crippen LogP contribution in [0.2, 0.25) is 0 Å². The molecule has 12 heavy (non-hydrogen) atoms. The van der Waals surface area contributed by atoms with Crippen LogP contribution in [0.25, 0.3) is 11.0 Å². The van der Waals surface area contributed by atoms with Gasteiger partial charge < -0.3 is 4.98 Å². The Morgan fingerprint density at radius 1 is 1.58 bits per heavy atom. The molecule has 2 heterocycles. The van der Waals surface area contributed by atoms with Gasteiger partial charge in [-0.05, 0) is 0 Å². The van der Waals surface area contributed by atoms with Gasteiger partial charge in [-0.1, -0.05) is 0 Å². The fraction of sp³-hybridized carbons (Fsp3) is 0.143. The Labute approximate surface area is 71.5 Å². The molecule has 0 aliphatic rings. The molecule has 0 aromatic carbocycles. The Bertz CT molecular complexity index is 437. The quantitative estimate of drug-likeness (QED) is 0.704. The minimum absolute atomic E-state index is 0.732. The monoisotopic (exact) mass is 181 g/mol. The first-order chi connectivity index (χ1) is 5.79. The minimum Gasteiger partial charge on any atom is -0.345 e. The highest BCUT2D eigenvalue weighted by Gasteiger charge is 2.06. The van der Waals surface area contributed by atoms with Crippen molar-refractivity contribution in [3.05, 3.63) is 18.7 Å². The highest BCUT2D eigenvalue weighted by atomic mass is 32.2. The van der Waals surface area contributed by atoms with Gasteiger partial charge in [-0.3, -0.25) is 4.21 Å². The van der Waals surface area contributed by atoms with Crippen LogP contribution in [0.1, 0.15) is 0 Å². The van der Waals surface area contributed by atoms with E-state index in [-0.39, 0.29) is 0 Å². The first-order valence-corrected chi connectivity index (χ1v) is 4.95. The Morgan fingerprint density at radius 3 is 3.17 bits per heavy atom. The van der Waals surface area contributed by atoms with Crippen LogP contribution in [0.4, 0.5) is 0 Å². The molecule has 0 aliphatic heterocycles. The summed E-state index contributed by atoms with van der Waals surface area (Å²) < 4.78 is 11.2. The molecular weight excluding hydrogens is 174 g/mol. The van der Waals surface area contributed by atoms with Crippen molar-refractivity contribution in [2.75, 3.05) is 6.26 Å². The van der Waals surface area contributed by atoms with Gasteiger partial charge in [0.25, 0.3) is 0 Å². The molecule has 0 amide bonds. The summed E-state index contributed by atoms with van der Waals surface area (Å²) in [5, 5.41) is 0.832. The number of hydrogen-bond acceptors (Lipinski definition) is 3. The van der Waals surface area contributed by atoms with Crippen LogP contribution in [0.15, 0.2) is 23.6 Å². The first kappa shape index (κ1) is 7.42. The maximum absolute atomic E-state index is 11.2. The van der Waals surface area contributed by atoms with Crippen LogP contribution in [-0.2, 0) is 10.8 Å². The Morgan fingerprint density at radius 2 is 2.42 bits per heavy atom. The van der Waals surface area contributed by atoms with Crippen molar-refractivity contribution in [3.8, 4) is 0 Å². The van der Waals surface area contributed by atoms with E-state index < -0.39 is 10.8 Å². The fourth-order valence-electron chi connectivity index (χ4n) is 1.07. The number of rotatable bonds is 1. The molecule has 0 radical (unpaired) electrons. The van der Waals surface area contributed by atoms with Crippen LogP contribution >= 0.6 is 0 Å². The predicted molar refractivity (Wildman–Crippen MR) is 46.2 cm³/mol. The van der Waals surface area contributed by atoms with E-state index in [0.29, 0.717) is 0 Å². The second kappa shape index (κ2) is 2.67. The lowest BCUT2D eigenvalue weighted by molar-refractivity contribution is 0.687. The van der Waals surface area contributed by atoms with Crippen molar-refractivity contribution in [1.82, 2.24) is 15.0 Å². The number of H-pyrrole nitrogens is 1. The molecule has 0 bridgehead atoms. The molecule has 0 unspecified atom stereocenters. The van der Waals surface area contributed by atoms with Crippen LogP contribution in [-0.4, -0.2) is 25.4 Å². The average molecular weight is 181 g/mol. The molecule has 1 N–H and O–H groups in total. The van der Waals surface area contributed by atoms with Crippen molar-refractivity contribution in [1.29, 1.82) is 0 Å². The Hall–Kier alpha value is -1.23. The molecule has 2 rings (SSSR count). The lowest BCUT2D eigenvalue weighted by Gasteiger charge is -1.89. The zero-order valence-electron chi connectivity index (χ0n) is 6.44. The Kier molecular flexibility index (Phi) is 1.65. The molecule has 2 aromatic heterocycles. The van der Waals surface area contributed by atoms with Gasteiger partial charge >= 0.3 is 0 Å². The van der Waals surface area contributed by atoms with Gasteiger partial charge in [0, 0.05) is 18.6 Å². The zero-order valence-corrected chi connectivity index (χ0v) is 7.26. The SMILES string of the molecule is C[S@](=O)c1c[nH]c2ncncc12. The van der Waals surface area contributed by atoms with Crippen LogP contribution < -0.4 is 0 Å². The minimum atomic E-state index is -0.984. The Balaban J connectivity index is 2.79. The van der Waals surface area contributed by atoms with E-state index in [1.807, 2.05) is 0 Å². The van der Waals surface area contributed by atoms with Gasteiger partial charge in [-0.15, -0.1) is 0 Å². The van der Waals surface area contributed by atoms with Gasteiger partial charge in [0.15, 0.2) is 0 Å². The summed E-state index contributed by atoms with van der Waals surface area (Å²) in [6, 6.07) is 0. The van der Waals surface area contributed by atoms with Crippen molar-refractivity contribution in [2.24, 2.45) is 0 Å². The van der Waals surface area contributed by atoms with E-state index in [1.165, 1.54) is 6.33 Å². The number of fused-ring (bicyclic) bond motifs is 1. The van der Waals surface area contributed by atoms with Crippen molar-refractivity contribution in [2.45, 2.75) is 4.90 Å². The second-order valence-electron chi connectivity index (χ2n) is 2.39. The standard InChI is InChI=1S/C7H7N3OS/c1-12(11)6-3-9-7-5(6)2-8-4-10-7/h2-4H,1H3,(H,8,9,10)/t12-/m0/s1. The molecule has 0 saturated carbocycles. The van der Waals surface area contributed by atoms with E-state index >= 15 is 0 Å². The smallest absolute Gasteiger partial charge is 0.141 e. The van der Waals surface area contributed by atoms with Crippen molar-refractivity contribution < 1.29 is 4.21 Å². The summed E-state index contributed by atoms with van der Waals surface area (Å²) in [5.74, 6) is 0. The predicted octanol–water partition coefficient (Wildman–Crippen LogP) is 0.695. The molecule has 0 saturated heterocycles. The molecular formula is C7H7N3OS. The summed E-state index contributed by atoms with van der Waals surface area (Å²) in [4.78, 5) is 11.5. The molecule has 0 aliphatic carbocycles. The van der Waals surface area contributed by atoms with Crippen molar-refractivity contribution >= 4 is 21.8 Å². The van der Waals surface area contributed by atoms with E-state index in [1.54, 1.807) is 18.6 Å². The summed E-state index contributed by atoms with van der Waals surface area (Å²) in [5.41, 5.74) is 0.732. The lowest BCUT2D eigenvalue weighted by Crippen LogP contribution is -1.85. The molecule has 5 heteroatoms. The van der Waals surface area contributed by atoms with Crippen LogP contribution in [0.3, 0.4) is 0 Å². The van der Waals surface area contributed by atoms with E-state index in [2.05, 4.69) is 15.0 Å². The zero-order chi connectivity index (χ0) is 8.55. The average Bonchev–Trinajstić information content (AvgIpc) is 2.47. The maximum Gasteiger partial charge on any atom is 0.141 e. The third-order valence-electron chi connectivity index (χ3n) is 1.63. The van der Waals surface area contributed by atoms with Crippen molar-refractivity contribution in [3.63, 3.8) is 0 Å². The lowest BCUT2D eigenvalue weighted by atomic mass is 10.4. The maximum atomic E-state index is 11.2. The molecule has 0 spiro atoms. The molecule has 2 aromatic rings. The first-order valence-electron chi connectivity index (χ1n) is 3.39. The molecule has 1 atom stereocenters. The normalized spacial score (nSPS) is 13.4. The fourth-order valence-corrected chi connectivity index (χ4v) is 1.76. The number of nitrogens with one attached hydrogen (secondary N) is 1. The van der Waals surface area contributed by atoms with Gasteiger partial charge in [-0.25, -0.2) is 9.97 Å². The van der Waals surface area contributed by atoms with Crippen LogP contribution in [0, 0.1) is 0 Å². The highest BCUT2D eigenvalue weighted by Crippen LogP contribution is 2.16. The third-order valence-corrected chi connectivity index (χ3v) is 2.58. The summed E-state index contributed by atoms with van der Waals surface area (Å²) in [6.07, 6.45) is 6.46. The van der Waals surface area contributed by atoms with Crippen LogP contribution in [0.5, 0.6) is 0 Å².